The summed E-state index contributed by atoms with van der Waals surface area (Å²) in [5.41, 5.74) is 10.5. The molecule has 8 aromatic rings. The van der Waals surface area contributed by atoms with Crippen molar-refractivity contribution < 1.29 is 9.59 Å². The highest BCUT2D eigenvalue weighted by atomic mass is 16.2. The highest BCUT2D eigenvalue weighted by Crippen LogP contribution is 2.43. The number of carbonyl (C=O) groups excluding carboxylic acids is 2. The molecule has 4 saturated heterocycles. The number of aromatic nitrogens is 14. The number of nitrogens with one attached hydrogen (secondary N) is 5. The van der Waals surface area contributed by atoms with E-state index in [0.29, 0.717) is 45.2 Å². The number of fused-ring (bicyclic) bond motifs is 4. The fraction of sp³-hybridized carbons (Fsp3) is 0.396. The Morgan fingerprint density at radius 1 is 0.597 bits per heavy atom. The van der Waals surface area contributed by atoms with Crippen molar-refractivity contribution in [1.82, 2.24) is 81.0 Å². The molecule has 2 atom stereocenters. The molecule has 396 valence electrons. The summed E-state index contributed by atoms with van der Waals surface area (Å²) in [5, 5.41) is 50.6. The van der Waals surface area contributed by atoms with Gasteiger partial charge in [0, 0.05) is 134 Å². The van der Waals surface area contributed by atoms with Gasteiger partial charge in [-0.1, -0.05) is 24.0 Å². The summed E-state index contributed by atoms with van der Waals surface area (Å²) >= 11 is 0. The standard InChI is InChI=1S/C26H29N11O.C25H27N11O.C2H6/c1-15-22(16(2)37-25(35(15)4)31-32-33-37)24(38)28-18-5-6-20-19(10-18)23(30-29-20)17-7-8-27-21(9-17)36-13-26(14-36)11-34(3)12-26;1-14-21(15(2)36-24(34(14)3)31-32-33-36)23(37)28-17-4-5-19-18(9-17)22(30-29-19)16-6-7-27-20(8-16)35-12-25(13-35)10-26-11-25;1-2/h5-10,16H,11-14H2,1-4H3,(H,28,38)(H,29,30);4-9,15,26H,10-13H2,1-3H3,(H,28,37)(H,29,30);1-2H3/t16-;15-;/m11./s1. The van der Waals surface area contributed by atoms with Gasteiger partial charge in [0.25, 0.3) is 11.8 Å². The van der Waals surface area contributed by atoms with E-state index in [1.807, 2.05) is 126 Å². The van der Waals surface area contributed by atoms with Crippen LogP contribution in [-0.4, -0.2) is 161 Å². The van der Waals surface area contributed by atoms with E-state index in [4.69, 9.17) is 0 Å². The fourth-order valence-corrected chi connectivity index (χ4v) is 11.9. The Hall–Kier alpha value is -8.64. The number of anilines is 6. The van der Waals surface area contributed by atoms with Crippen LogP contribution in [0.2, 0.25) is 0 Å². The third kappa shape index (κ3) is 8.38. The number of nitrogens with zero attached hydrogens (tertiary/aromatic N) is 17. The molecule has 2 aromatic carbocycles. The zero-order valence-corrected chi connectivity index (χ0v) is 44.7. The first-order valence-electron chi connectivity index (χ1n) is 26.1. The van der Waals surface area contributed by atoms with Crippen LogP contribution < -0.4 is 35.6 Å². The van der Waals surface area contributed by atoms with Crippen molar-refractivity contribution in [2.75, 3.05) is 104 Å². The molecular weight excluding hydrogens is 977 g/mol. The van der Waals surface area contributed by atoms with Gasteiger partial charge < -0.3 is 40.4 Å². The summed E-state index contributed by atoms with van der Waals surface area (Å²) < 4.78 is 3.31. The largest absolute Gasteiger partial charge is 0.355 e. The second-order valence-corrected chi connectivity index (χ2v) is 21.2. The van der Waals surface area contributed by atoms with Crippen molar-refractivity contribution in [3.63, 3.8) is 0 Å². The van der Waals surface area contributed by atoms with E-state index in [-0.39, 0.29) is 23.9 Å². The Morgan fingerprint density at radius 2 is 1.04 bits per heavy atom. The quantitative estimate of drug-likeness (QED) is 0.130. The second-order valence-electron chi connectivity index (χ2n) is 21.2. The van der Waals surface area contributed by atoms with Crippen LogP contribution in [0.15, 0.2) is 95.6 Å². The zero-order valence-electron chi connectivity index (χ0n) is 44.7. The van der Waals surface area contributed by atoms with Crippen molar-refractivity contribution >= 4 is 68.5 Å². The molecule has 0 bridgehead atoms. The van der Waals surface area contributed by atoms with E-state index in [9.17, 15) is 9.59 Å². The molecule has 0 aliphatic carbocycles. The molecule has 0 radical (unpaired) electrons. The molecule has 2 spiro atoms. The van der Waals surface area contributed by atoms with Crippen LogP contribution in [0, 0.1) is 10.8 Å². The van der Waals surface area contributed by atoms with Gasteiger partial charge in [-0.3, -0.25) is 19.8 Å². The minimum Gasteiger partial charge on any atom is -0.355 e. The highest BCUT2D eigenvalue weighted by molar-refractivity contribution is 6.08. The maximum Gasteiger partial charge on any atom is 0.255 e. The number of hydrogen-bond acceptors (Lipinski definition) is 18. The molecule has 2 amide bonds. The lowest BCUT2D eigenvalue weighted by molar-refractivity contribution is -0.114. The van der Waals surface area contributed by atoms with Gasteiger partial charge in [-0.15, -0.1) is 0 Å². The number of tetrazole rings is 2. The summed E-state index contributed by atoms with van der Waals surface area (Å²) in [5.74, 6) is 2.79. The molecule has 5 N–H and O–H groups in total. The highest BCUT2D eigenvalue weighted by Gasteiger charge is 2.51. The third-order valence-corrected chi connectivity index (χ3v) is 16.0. The second kappa shape index (κ2) is 18.9. The lowest BCUT2D eigenvalue weighted by Gasteiger charge is -2.59. The Balaban J connectivity index is 0.000000150. The average molecular weight is 1040 g/mol. The van der Waals surface area contributed by atoms with Crippen LogP contribution in [0.1, 0.15) is 53.6 Å². The first-order chi connectivity index (χ1) is 37.2. The number of pyridine rings is 2. The molecule has 24 nitrogen and oxygen atoms in total. The molecule has 6 aliphatic heterocycles. The number of benzene rings is 2. The van der Waals surface area contributed by atoms with E-state index in [1.54, 1.807) is 9.36 Å². The Labute approximate surface area is 444 Å². The first kappa shape index (κ1) is 49.2. The lowest BCUT2D eigenvalue weighted by Crippen LogP contribution is -2.71. The van der Waals surface area contributed by atoms with Crippen LogP contribution in [-0.2, 0) is 9.59 Å². The smallest absolute Gasteiger partial charge is 0.255 e. The van der Waals surface area contributed by atoms with Gasteiger partial charge in [0.15, 0.2) is 0 Å². The van der Waals surface area contributed by atoms with Gasteiger partial charge in [-0.05, 0) is 116 Å². The monoisotopic (exact) mass is 1040 g/mol. The number of allylic oxidation sites excluding steroid dienone is 2. The van der Waals surface area contributed by atoms with Gasteiger partial charge >= 0.3 is 0 Å². The number of H-pyrrole nitrogens is 2. The van der Waals surface area contributed by atoms with Crippen molar-refractivity contribution in [2.45, 2.75) is 53.6 Å². The van der Waals surface area contributed by atoms with Gasteiger partial charge in [0.2, 0.25) is 11.9 Å². The number of amides is 2. The normalized spacial score (nSPS) is 19.9. The Kier molecular flexibility index (Phi) is 12.1. The molecule has 6 aliphatic rings. The van der Waals surface area contributed by atoms with E-state index in [0.717, 1.165) is 120 Å². The van der Waals surface area contributed by atoms with Crippen molar-refractivity contribution in [3.05, 3.63) is 95.6 Å². The predicted molar refractivity (Wildman–Crippen MR) is 294 cm³/mol. The maximum absolute atomic E-state index is 13.4. The molecule has 6 aromatic heterocycles. The summed E-state index contributed by atoms with van der Waals surface area (Å²) in [6.45, 7) is 20.3. The van der Waals surface area contributed by atoms with Gasteiger partial charge in [-0.2, -0.15) is 10.2 Å². The van der Waals surface area contributed by atoms with Crippen molar-refractivity contribution in [1.29, 1.82) is 0 Å². The summed E-state index contributed by atoms with van der Waals surface area (Å²) in [4.78, 5) is 46.8. The van der Waals surface area contributed by atoms with Crippen LogP contribution in [0.25, 0.3) is 44.3 Å². The number of aromatic amines is 2. The Morgan fingerprint density at radius 3 is 1.45 bits per heavy atom. The van der Waals surface area contributed by atoms with E-state index < -0.39 is 0 Å². The number of hydrogen-bond donors (Lipinski definition) is 5. The molecule has 24 heteroatoms. The predicted octanol–water partition coefficient (Wildman–Crippen LogP) is 5.26. The summed E-state index contributed by atoms with van der Waals surface area (Å²) in [6.07, 6.45) is 3.68. The topological polar surface area (TPSA) is 257 Å². The van der Waals surface area contributed by atoms with Crippen LogP contribution in [0.4, 0.5) is 34.9 Å². The first-order valence-corrected chi connectivity index (χ1v) is 26.1. The minimum atomic E-state index is -0.291. The van der Waals surface area contributed by atoms with Crippen LogP contribution in [0.3, 0.4) is 0 Å². The molecule has 4 fully saturated rings. The Bertz CT molecular complexity index is 3650. The van der Waals surface area contributed by atoms with Crippen molar-refractivity contribution in [2.24, 2.45) is 10.8 Å². The molecule has 14 rings (SSSR count). The molecular formula is C53H62N22O2. The van der Waals surface area contributed by atoms with E-state index >= 15 is 0 Å². The number of rotatable bonds is 8. The number of carbonyl (C=O) groups is 2. The molecule has 0 unspecified atom stereocenters. The van der Waals surface area contributed by atoms with E-state index in [2.05, 4.69) is 111 Å². The fourth-order valence-electron chi connectivity index (χ4n) is 11.9. The van der Waals surface area contributed by atoms with Crippen LogP contribution >= 0.6 is 0 Å². The maximum atomic E-state index is 13.4. The number of likely N-dealkylation sites (tertiary alicyclic amines) is 1. The van der Waals surface area contributed by atoms with Crippen LogP contribution in [0.5, 0.6) is 0 Å². The summed E-state index contributed by atoms with van der Waals surface area (Å²) in [7, 11) is 5.88. The zero-order chi connectivity index (χ0) is 53.5. The van der Waals surface area contributed by atoms with Gasteiger partial charge in [0.1, 0.15) is 23.0 Å². The van der Waals surface area contributed by atoms with Gasteiger partial charge in [-0.25, -0.2) is 19.3 Å². The molecule has 12 heterocycles. The summed E-state index contributed by atoms with van der Waals surface area (Å²) in [6, 6.07) is 19.1. The van der Waals surface area contributed by atoms with Gasteiger partial charge in [0.05, 0.1) is 34.3 Å². The molecule has 0 saturated carbocycles. The minimum absolute atomic E-state index is 0.188. The van der Waals surface area contributed by atoms with Crippen molar-refractivity contribution in [3.8, 4) is 22.5 Å². The SMILES string of the molecule is CC.CC1=C(C(=O)Nc2ccc3[nH]nc(-c4ccnc(N5CC6(CN(C)C6)C5)c4)c3c2)[C@@H](C)n2nnnc2N1C.CC1=C(C(=O)Nc2ccc3[nH]nc(-c4ccnc(N5CC6(CNC6)C5)c4)c3c2)[C@@H](C)n2nnnc2N1C. The lowest BCUT2D eigenvalue weighted by atomic mass is 9.73. The third-order valence-electron chi connectivity index (χ3n) is 16.0. The average Bonchev–Trinajstić information content (AvgIpc) is 4.24. The molecule has 77 heavy (non-hydrogen) atoms. The van der Waals surface area contributed by atoms with E-state index in [1.165, 1.54) is 0 Å².